The monoisotopic (exact) mass is 358 g/mol. The molecule has 3 rings (SSSR count). The highest BCUT2D eigenvalue weighted by molar-refractivity contribution is 7.89. The maximum atomic E-state index is 12.5. The molecule has 2 aromatic carbocycles. The number of hydrogen-bond donors (Lipinski definition) is 2. The number of carbonyl (C=O) groups excluding carboxylic acids is 1. The molecule has 0 radical (unpaired) electrons. The van der Waals surface area contributed by atoms with Gasteiger partial charge in [-0.3, -0.25) is 4.79 Å². The molecule has 0 aliphatic rings. The summed E-state index contributed by atoms with van der Waals surface area (Å²) < 4.78 is 22.5. The number of hydrogen-bond acceptors (Lipinski definition) is 4. The van der Waals surface area contributed by atoms with Crippen molar-refractivity contribution in [3.63, 3.8) is 0 Å². The second-order valence-electron chi connectivity index (χ2n) is 5.05. The fourth-order valence-electron chi connectivity index (χ4n) is 2.25. The van der Waals surface area contributed by atoms with Crippen LogP contribution in [-0.4, -0.2) is 14.3 Å². The molecule has 3 N–H and O–H groups in total. The Morgan fingerprint density at radius 1 is 0.958 bits per heavy atom. The highest BCUT2D eigenvalue weighted by Crippen LogP contribution is 2.29. The quantitative estimate of drug-likeness (QED) is 0.750. The Morgan fingerprint density at radius 2 is 1.62 bits per heavy atom. The van der Waals surface area contributed by atoms with E-state index in [4.69, 9.17) is 5.14 Å². The molecule has 0 atom stereocenters. The van der Waals surface area contributed by atoms with Gasteiger partial charge in [-0.15, -0.1) is 11.3 Å². The first-order valence-corrected chi connectivity index (χ1v) is 9.45. The second-order valence-corrected chi connectivity index (χ2v) is 7.53. The Balaban J connectivity index is 1.83. The fourth-order valence-corrected chi connectivity index (χ4v) is 3.57. The molecule has 7 heteroatoms. The van der Waals surface area contributed by atoms with Crippen LogP contribution < -0.4 is 10.5 Å². The van der Waals surface area contributed by atoms with Gasteiger partial charge in [0.05, 0.1) is 9.77 Å². The Hall–Kier alpha value is -2.48. The van der Waals surface area contributed by atoms with E-state index < -0.39 is 10.0 Å². The van der Waals surface area contributed by atoms with Crippen LogP contribution in [0.5, 0.6) is 0 Å². The molecular weight excluding hydrogens is 344 g/mol. The lowest BCUT2D eigenvalue weighted by Gasteiger charge is -2.07. The van der Waals surface area contributed by atoms with E-state index in [0.717, 1.165) is 11.1 Å². The van der Waals surface area contributed by atoms with E-state index in [1.807, 2.05) is 41.8 Å². The predicted octanol–water partition coefficient (Wildman–Crippen LogP) is 3.31. The number of benzene rings is 2. The van der Waals surface area contributed by atoms with Crippen molar-refractivity contribution in [1.29, 1.82) is 0 Å². The Bertz CT molecular complexity index is 963. The van der Waals surface area contributed by atoms with Gasteiger partial charge in [0.1, 0.15) is 0 Å². The molecule has 0 fully saturated rings. The van der Waals surface area contributed by atoms with Gasteiger partial charge in [0.2, 0.25) is 10.0 Å². The fraction of sp³-hybridized carbons (Fsp3) is 0. The maximum absolute atomic E-state index is 12.5. The van der Waals surface area contributed by atoms with Crippen molar-refractivity contribution in [2.75, 3.05) is 5.32 Å². The number of anilines is 1. The van der Waals surface area contributed by atoms with Crippen LogP contribution in [0.2, 0.25) is 0 Å². The molecule has 3 aromatic rings. The molecule has 24 heavy (non-hydrogen) atoms. The molecule has 0 saturated carbocycles. The first-order chi connectivity index (χ1) is 11.4. The van der Waals surface area contributed by atoms with Gasteiger partial charge in [0.15, 0.2) is 0 Å². The standard InChI is InChI=1S/C17H14N2O3S2/c18-24(21,22)14-8-6-13(7-9-14)19-17(20)16-15(10-11-23-16)12-4-2-1-3-5-12/h1-11H,(H,19,20)(H2,18,21,22). The van der Waals surface area contributed by atoms with Crippen molar-refractivity contribution >= 4 is 33.0 Å². The smallest absolute Gasteiger partial charge is 0.266 e. The van der Waals surface area contributed by atoms with Crippen molar-refractivity contribution in [1.82, 2.24) is 0 Å². The normalized spacial score (nSPS) is 11.2. The lowest BCUT2D eigenvalue weighted by molar-refractivity contribution is 0.103. The zero-order valence-corrected chi connectivity index (χ0v) is 14.1. The van der Waals surface area contributed by atoms with Crippen LogP contribution in [0.3, 0.4) is 0 Å². The maximum Gasteiger partial charge on any atom is 0.266 e. The second kappa shape index (κ2) is 6.56. The van der Waals surface area contributed by atoms with E-state index in [9.17, 15) is 13.2 Å². The molecule has 0 aliphatic carbocycles. The Kier molecular flexibility index (Phi) is 4.48. The summed E-state index contributed by atoms with van der Waals surface area (Å²) in [5.74, 6) is -0.243. The van der Waals surface area contributed by atoms with Crippen molar-refractivity contribution < 1.29 is 13.2 Å². The van der Waals surface area contributed by atoms with E-state index in [1.54, 1.807) is 0 Å². The highest BCUT2D eigenvalue weighted by atomic mass is 32.2. The number of amides is 1. The van der Waals surface area contributed by atoms with Crippen LogP contribution in [-0.2, 0) is 10.0 Å². The minimum absolute atomic E-state index is 0.00148. The number of carbonyl (C=O) groups is 1. The molecule has 0 bridgehead atoms. The number of thiophene rings is 1. The Morgan fingerprint density at radius 3 is 2.25 bits per heavy atom. The third-order valence-electron chi connectivity index (χ3n) is 3.40. The molecular formula is C17H14N2O3S2. The molecule has 1 aromatic heterocycles. The van der Waals surface area contributed by atoms with Crippen LogP contribution in [0.25, 0.3) is 11.1 Å². The average molecular weight is 358 g/mol. The van der Waals surface area contributed by atoms with Crippen LogP contribution in [0, 0.1) is 0 Å². The van der Waals surface area contributed by atoms with Crippen molar-refractivity contribution in [3.8, 4) is 11.1 Å². The highest BCUT2D eigenvalue weighted by Gasteiger charge is 2.15. The van der Waals surface area contributed by atoms with Gasteiger partial charge in [-0.1, -0.05) is 30.3 Å². The number of nitrogens with one attached hydrogen (secondary N) is 1. The molecule has 5 nitrogen and oxygen atoms in total. The zero-order chi connectivity index (χ0) is 17.2. The van der Waals surface area contributed by atoms with Crippen LogP contribution in [0.15, 0.2) is 70.9 Å². The summed E-state index contributed by atoms with van der Waals surface area (Å²) in [4.78, 5) is 13.1. The number of rotatable bonds is 4. The summed E-state index contributed by atoms with van der Waals surface area (Å²) in [5, 5.41) is 9.69. The predicted molar refractivity (Wildman–Crippen MR) is 95.5 cm³/mol. The molecule has 0 aliphatic heterocycles. The van der Waals surface area contributed by atoms with Gasteiger partial charge in [-0.25, -0.2) is 13.6 Å². The lowest BCUT2D eigenvalue weighted by Crippen LogP contribution is -2.13. The summed E-state index contributed by atoms with van der Waals surface area (Å²) >= 11 is 1.35. The first-order valence-electron chi connectivity index (χ1n) is 7.02. The molecule has 0 saturated heterocycles. The number of sulfonamides is 1. The van der Waals surface area contributed by atoms with Crippen LogP contribution >= 0.6 is 11.3 Å². The summed E-state index contributed by atoms with van der Waals surface area (Å²) in [5.41, 5.74) is 2.33. The van der Waals surface area contributed by atoms with Gasteiger partial charge in [-0.2, -0.15) is 0 Å². The molecule has 1 heterocycles. The van der Waals surface area contributed by atoms with E-state index in [2.05, 4.69) is 5.32 Å². The molecule has 0 unspecified atom stereocenters. The van der Waals surface area contributed by atoms with Gasteiger partial charge in [0.25, 0.3) is 5.91 Å². The topological polar surface area (TPSA) is 89.3 Å². The average Bonchev–Trinajstić information content (AvgIpc) is 3.05. The molecule has 1 amide bonds. The molecule has 122 valence electrons. The number of nitrogens with two attached hydrogens (primary N) is 1. The molecule has 0 spiro atoms. The van der Waals surface area contributed by atoms with Crippen LogP contribution in [0.4, 0.5) is 5.69 Å². The summed E-state index contributed by atoms with van der Waals surface area (Å²) in [6, 6.07) is 17.3. The third-order valence-corrected chi connectivity index (χ3v) is 5.24. The van der Waals surface area contributed by atoms with Gasteiger partial charge in [0, 0.05) is 11.3 Å². The third kappa shape index (κ3) is 3.53. The van der Waals surface area contributed by atoms with E-state index in [1.165, 1.54) is 35.6 Å². The minimum Gasteiger partial charge on any atom is -0.321 e. The number of primary sulfonamides is 1. The minimum atomic E-state index is -3.74. The van der Waals surface area contributed by atoms with Crippen LogP contribution in [0.1, 0.15) is 9.67 Å². The first kappa shape index (κ1) is 16.4. The van der Waals surface area contributed by atoms with Gasteiger partial charge in [-0.05, 0) is 41.3 Å². The largest absolute Gasteiger partial charge is 0.321 e. The SMILES string of the molecule is NS(=O)(=O)c1ccc(NC(=O)c2sccc2-c2ccccc2)cc1. The summed E-state index contributed by atoms with van der Waals surface area (Å²) in [6.45, 7) is 0. The lowest BCUT2D eigenvalue weighted by atomic mass is 10.1. The van der Waals surface area contributed by atoms with Crippen molar-refractivity contribution in [2.45, 2.75) is 4.90 Å². The van der Waals surface area contributed by atoms with Gasteiger partial charge >= 0.3 is 0 Å². The summed E-state index contributed by atoms with van der Waals surface area (Å²) in [6.07, 6.45) is 0. The van der Waals surface area contributed by atoms with Crippen molar-refractivity contribution in [2.24, 2.45) is 5.14 Å². The van der Waals surface area contributed by atoms with Gasteiger partial charge < -0.3 is 5.32 Å². The van der Waals surface area contributed by atoms with E-state index >= 15 is 0 Å². The Labute approximate surface area is 143 Å². The van der Waals surface area contributed by atoms with Crippen molar-refractivity contribution in [3.05, 3.63) is 70.9 Å². The van der Waals surface area contributed by atoms with E-state index in [-0.39, 0.29) is 10.8 Å². The summed E-state index contributed by atoms with van der Waals surface area (Å²) in [7, 11) is -3.74. The zero-order valence-electron chi connectivity index (χ0n) is 12.5. The van der Waals surface area contributed by atoms with E-state index in [0.29, 0.717) is 10.6 Å².